The Hall–Kier alpha value is -1.07. The first-order chi connectivity index (χ1) is 8.98. The highest BCUT2D eigenvalue weighted by molar-refractivity contribution is 7.89. The van der Waals surface area contributed by atoms with Crippen molar-refractivity contribution in [1.82, 2.24) is 0 Å². The highest BCUT2D eigenvalue weighted by Gasteiger charge is 2.22. The van der Waals surface area contributed by atoms with Crippen LogP contribution >= 0.6 is 0 Å². The van der Waals surface area contributed by atoms with Crippen LogP contribution in [0.5, 0.6) is 0 Å². The monoisotopic (exact) mass is 282 g/mol. The molecule has 5 heteroatoms. The number of benzene rings is 1. The average Bonchev–Trinajstić information content (AvgIpc) is 2.54. The van der Waals surface area contributed by atoms with Crippen molar-refractivity contribution in [2.24, 2.45) is 11.1 Å². The van der Waals surface area contributed by atoms with Crippen LogP contribution in [-0.2, 0) is 10.0 Å². The van der Waals surface area contributed by atoms with Gasteiger partial charge in [-0.1, -0.05) is 38.3 Å². The topological polar surface area (TPSA) is 72.2 Å². The molecule has 0 radical (unpaired) electrons. The lowest BCUT2D eigenvalue weighted by molar-refractivity contribution is 0.456. The smallest absolute Gasteiger partial charge is 0.240 e. The molecule has 3 N–H and O–H groups in total. The molecule has 1 aliphatic rings. The number of hydrogen-bond donors (Lipinski definition) is 2. The minimum absolute atomic E-state index is 0.187. The van der Waals surface area contributed by atoms with E-state index in [2.05, 4.69) is 12.2 Å². The van der Waals surface area contributed by atoms with Crippen LogP contribution in [0.25, 0.3) is 0 Å². The third-order valence-electron chi connectivity index (χ3n) is 3.90. The van der Waals surface area contributed by atoms with Crippen LogP contribution in [0, 0.1) is 5.92 Å². The van der Waals surface area contributed by atoms with Gasteiger partial charge in [0.25, 0.3) is 0 Å². The molecule has 4 nitrogen and oxygen atoms in total. The molecule has 0 amide bonds. The average molecular weight is 282 g/mol. The fourth-order valence-corrected chi connectivity index (χ4v) is 3.44. The molecule has 2 atom stereocenters. The predicted molar refractivity (Wildman–Crippen MR) is 77.5 cm³/mol. The van der Waals surface area contributed by atoms with Crippen LogP contribution in [0.3, 0.4) is 0 Å². The molecule has 106 valence electrons. The minimum Gasteiger partial charge on any atom is -0.381 e. The van der Waals surface area contributed by atoms with Crippen molar-refractivity contribution < 1.29 is 8.42 Å². The van der Waals surface area contributed by atoms with Gasteiger partial charge in [0.15, 0.2) is 0 Å². The van der Waals surface area contributed by atoms with Crippen LogP contribution in [0.4, 0.5) is 5.69 Å². The highest BCUT2D eigenvalue weighted by atomic mass is 32.2. The van der Waals surface area contributed by atoms with Gasteiger partial charge in [0.1, 0.15) is 4.90 Å². The number of primary sulfonamides is 1. The Bertz CT molecular complexity index is 528. The normalized spacial score (nSPS) is 24.7. The number of anilines is 1. The maximum absolute atomic E-state index is 11.6. The lowest BCUT2D eigenvalue weighted by atomic mass is 9.97. The zero-order valence-electron chi connectivity index (χ0n) is 11.3. The Kier molecular flexibility index (Phi) is 4.47. The molecule has 1 saturated carbocycles. The number of rotatable bonds is 3. The first kappa shape index (κ1) is 14.3. The lowest BCUT2D eigenvalue weighted by Crippen LogP contribution is -2.27. The van der Waals surface area contributed by atoms with E-state index in [-0.39, 0.29) is 4.90 Å². The lowest BCUT2D eigenvalue weighted by Gasteiger charge is -2.25. The van der Waals surface area contributed by atoms with E-state index in [1.807, 2.05) is 6.07 Å². The van der Waals surface area contributed by atoms with E-state index < -0.39 is 10.0 Å². The quantitative estimate of drug-likeness (QED) is 0.837. The largest absolute Gasteiger partial charge is 0.381 e. The summed E-state index contributed by atoms with van der Waals surface area (Å²) in [5.41, 5.74) is 0.628. The van der Waals surface area contributed by atoms with E-state index in [0.29, 0.717) is 17.6 Å². The van der Waals surface area contributed by atoms with Crippen molar-refractivity contribution in [2.75, 3.05) is 5.32 Å². The molecule has 0 heterocycles. The van der Waals surface area contributed by atoms with Gasteiger partial charge in [-0.3, -0.25) is 0 Å². The standard InChI is InChI=1S/C14H22N2O2S/c1-11-7-3-2-4-8-12(11)16-13-9-5-6-10-14(13)19(15,17)18/h5-6,9-12,16H,2-4,7-8H2,1H3,(H2,15,17,18). The second kappa shape index (κ2) is 5.92. The van der Waals surface area contributed by atoms with Gasteiger partial charge in [-0.25, -0.2) is 13.6 Å². The maximum atomic E-state index is 11.6. The SMILES string of the molecule is CC1CCCCCC1Nc1ccccc1S(N)(=O)=O. The maximum Gasteiger partial charge on any atom is 0.240 e. The van der Waals surface area contributed by atoms with Crippen LogP contribution in [-0.4, -0.2) is 14.5 Å². The molecule has 0 saturated heterocycles. The fourth-order valence-electron chi connectivity index (χ4n) is 2.74. The summed E-state index contributed by atoms with van der Waals surface area (Å²) in [6.07, 6.45) is 5.99. The van der Waals surface area contributed by atoms with Crippen molar-refractivity contribution >= 4 is 15.7 Å². The number of nitrogens with one attached hydrogen (secondary N) is 1. The summed E-state index contributed by atoms with van der Waals surface area (Å²) >= 11 is 0. The molecule has 1 aromatic rings. The van der Waals surface area contributed by atoms with E-state index in [4.69, 9.17) is 5.14 Å². The summed E-state index contributed by atoms with van der Waals surface area (Å²) in [6, 6.07) is 7.20. The van der Waals surface area contributed by atoms with Crippen LogP contribution in [0.1, 0.15) is 39.0 Å². The summed E-state index contributed by atoms with van der Waals surface area (Å²) in [5, 5.41) is 8.65. The first-order valence-corrected chi connectivity index (χ1v) is 8.41. The summed E-state index contributed by atoms with van der Waals surface area (Å²) in [4.78, 5) is 0.187. The van der Waals surface area contributed by atoms with Gasteiger partial charge in [0, 0.05) is 6.04 Å². The summed E-state index contributed by atoms with van der Waals surface area (Å²) in [6.45, 7) is 2.22. The summed E-state index contributed by atoms with van der Waals surface area (Å²) in [7, 11) is -3.67. The van der Waals surface area contributed by atoms with Crippen molar-refractivity contribution in [1.29, 1.82) is 0 Å². The zero-order chi connectivity index (χ0) is 13.9. The van der Waals surface area contributed by atoms with Gasteiger partial charge < -0.3 is 5.32 Å². The number of hydrogen-bond acceptors (Lipinski definition) is 3. The van der Waals surface area contributed by atoms with Gasteiger partial charge in [0.2, 0.25) is 10.0 Å². The first-order valence-electron chi connectivity index (χ1n) is 6.87. The van der Waals surface area contributed by atoms with Crippen molar-refractivity contribution in [3.63, 3.8) is 0 Å². The van der Waals surface area contributed by atoms with Crippen LogP contribution in [0.15, 0.2) is 29.2 Å². The number of nitrogens with two attached hydrogens (primary N) is 1. The molecule has 2 unspecified atom stereocenters. The van der Waals surface area contributed by atoms with E-state index >= 15 is 0 Å². The molecule has 0 bridgehead atoms. The number of para-hydroxylation sites is 1. The van der Waals surface area contributed by atoms with Crippen LogP contribution in [0.2, 0.25) is 0 Å². The third kappa shape index (κ3) is 3.70. The summed E-state index contributed by atoms with van der Waals surface area (Å²) < 4.78 is 23.2. The molecular weight excluding hydrogens is 260 g/mol. The van der Waals surface area contributed by atoms with Crippen molar-refractivity contribution in [3.05, 3.63) is 24.3 Å². The summed E-state index contributed by atoms with van der Waals surface area (Å²) in [5.74, 6) is 0.552. The number of sulfonamides is 1. The second-order valence-electron chi connectivity index (χ2n) is 5.41. The Balaban J connectivity index is 2.23. The zero-order valence-corrected chi connectivity index (χ0v) is 12.1. The van der Waals surface area contributed by atoms with Crippen LogP contribution < -0.4 is 10.5 Å². The Morgan fingerprint density at radius 3 is 2.58 bits per heavy atom. The predicted octanol–water partition coefficient (Wildman–Crippen LogP) is 2.71. The third-order valence-corrected chi connectivity index (χ3v) is 4.87. The Morgan fingerprint density at radius 1 is 1.16 bits per heavy atom. The van der Waals surface area contributed by atoms with Crippen molar-refractivity contribution in [3.8, 4) is 0 Å². The Labute approximate surface area is 115 Å². The van der Waals surface area contributed by atoms with Gasteiger partial charge in [-0.05, 0) is 30.9 Å². The van der Waals surface area contributed by atoms with E-state index in [9.17, 15) is 8.42 Å². The molecule has 0 aromatic heterocycles. The molecule has 0 spiro atoms. The fraction of sp³-hybridized carbons (Fsp3) is 0.571. The minimum atomic E-state index is -3.67. The molecule has 1 aliphatic carbocycles. The molecular formula is C14H22N2O2S. The highest BCUT2D eigenvalue weighted by Crippen LogP contribution is 2.28. The molecule has 0 aliphatic heterocycles. The van der Waals surface area contributed by atoms with Gasteiger partial charge >= 0.3 is 0 Å². The molecule has 19 heavy (non-hydrogen) atoms. The molecule has 1 fully saturated rings. The van der Waals surface area contributed by atoms with Crippen molar-refractivity contribution in [2.45, 2.75) is 50.0 Å². The Morgan fingerprint density at radius 2 is 1.84 bits per heavy atom. The van der Waals surface area contributed by atoms with Gasteiger partial charge in [-0.15, -0.1) is 0 Å². The van der Waals surface area contributed by atoms with Gasteiger partial charge in [-0.2, -0.15) is 0 Å². The van der Waals surface area contributed by atoms with E-state index in [0.717, 1.165) is 6.42 Å². The van der Waals surface area contributed by atoms with E-state index in [1.165, 1.54) is 25.7 Å². The van der Waals surface area contributed by atoms with E-state index in [1.54, 1.807) is 18.2 Å². The molecule has 1 aromatic carbocycles. The second-order valence-corrected chi connectivity index (χ2v) is 6.94. The van der Waals surface area contributed by atoms with Gasteiger partial charge in [0.05, 0.1) is 5.69 Å². The molecule has 2 rings (SSSR count).